The first-order chi connectivity index (χ1) is 13.6. The van der Waals surface area contributed by atoms with Gasteiger partial charge < -0.3 is 14.7 Å². The number of hydrogen-bond donors (Lipinski definition) is 1. The quantitative estimate of drug-likeness (QED) is 0.583. The molecule has 1 amide bonds. The number of carbonyl (C=O) groups excluding carboxylic acids is 2. The molecule has 0 aliphatic heterocycles. The highest BCUT2D eigenvalue weighted by Crippen LogP contribution is 2.29. The van der Waals surface area contributed by atoms with Crippen LogP contribution in [0.15, 0.2) is 48.5 Å². The summed E-state index contributed by atoms with van der Waals surface area (Å²) < 4.78 is 42.9. The Morgan fingerprint density at radius 2 is 1.62 bits per heavy atom. The molecule has 6 nitrogen and oxygen atoms in total. The summed E-state index contributed by atoms with van der Waals surface area (Å²) in [6.45, 7) is 1.04. The molecule has 2 rings (SSSR count). The second-order valence-electron chi connectivity index (χ2n) is 6.04. The number of ether oxygens (including phenoxy) is 1. The van der Waals surface area contributed by atoms with Crippen LogP contribution in [-0.2, 0) is 33.6 Å². The van der Waals surface area contributed by atoms with Crippen LogP contribution in [0.1, 0.15) is 34.0 Å². The Kier molecular flexibility index (Phi) is 6.98. The SMILES string of the molecule is CCOC(=O)C(=O)N(Cc1ccc(C(F)(F)F)cc1)Cc1ccccc1C(=O)O. The van der Waals surface area contributed by atoms with E-state index >= 15 is 0 Å². The van der Waals surface area contributed by atoms with Gasteiger partial charge in [0, 0.05) is 13.1 Å². The fourth-order valence-electron chi connectivity index (χ4n) is 2.61. The number of hydrogen-bond acceptors (Lipinski definition) is 4. The van der Waals surface area contributed by atoms with Crippen molar-refractivity contribution in [2.45, 2.75) is 26.2 Å². The highest BCUT2D eigenvalue weighted by atomic mass is 19.4. The Balaban J connectivity index is 2.32. The first kappa shape index (κ1) is 21.9. The van der Waals surface area contributed by atoms with Crippen LogP contribution in [0.2, 0.25) is 0 Å². The summed E-state index contributed by atoms with van der Waals surface area (Å²) >= 11 is 0. The lowest BCUT2D eigenvalue weighted by Crippen LogP contribution is -2.37. The second kappa shape index (κ2) is 9.22. The van der Waals surface area contributed by atoms with Crippen LogP contribution in [0.3, 0.4) is 0 Å². The molecule has 0 bridgehead atoms. The molecule has 29 heavy (non-hydrogen) atoms. The van der Waals surface area contributed by atoms with Crippen LogP contribution in [0.4, 0.5) is 13.2 Å². The molecule has 0 fully saturated rings. The van der Waals surface area contributed by atoms with Crippen molar-refractivity contribution in [3.05, 3.63) is 70.8 Å². The normalized spacial score (nSPS) is 11.0. The molecule has 9 heteroatoms. The Morgan fingerprint density at radius 1 is 1.00 bits per heavy atom. The standard InChI is InChI=1S/C20H18F3NO5/c1-2-29-19(28)17(25)24(12-14-5-3-4-6-16(14)18(26)27)11-13-7-9-15(10-8-13)20(21,22)23/h3-10H,2,11-12H2,1H3,(H,26,27). The van der Waals surface area contributed by atoms with E-state index in [0.717, 1.165) is 17.0 Å². The molecule has 0 atom stereocenters. The summed E-state index contributed by atoms with van der Waals surface area (Å²) in [4.78, 5) is 36.8. The van der Waals surface area contributed by atoms with Gasteiger partial charge in [-0.25, -0.2) is 9.59 Å². The Morgan fingerprint density at radius 3 is 2.17 bits per heavy atom. The molecule has 0 aromatic heterocycles. The number of carbonyl (C=O) groups is 3. The van der Waals surface area contributed by atoms with E-state index in [1.165, 1.54) is 37.3 Å². The van der Waals surface area contributed by atoms with Gasteiger partial charge >= 0.3 is 24.0 Å². The highest BCUT2D eigenvalue weighted by Gasteiger charge is 2.30. The minimum Gasteiger partial charge on any atom is -0.478 e. The summed E-state index contributed by atoms with van der Waals surface area (Å²) in [5.41, 5.74) is -0.296. The molecule has 0 aliphatic rings. The average molecular weight is 409 g/mol. The lowest BCUT2D eigenvalue weighted by Gasteiger charge is -2.23. The number of halogens is 3. The predicted octanol–water partition coefficient (Wildman–Crippen LogP) is 3.50. The predicted molar refractivity (Wildman–Crippen MR) is 95.7 cm³/mol. The molecule has 0 saturated heterocycles. The molecular formula is C20H18F3NO5. The lowest BCUT2D eigenvalue weighted by molar-refractivity contribution is -0.160. The maximum Gasteiger partial charge on any atom is 0.416 e. The van der Waals surface area contributed by atoms with Crippen LogP contribution < -0.4 is 0 Å². The monoisotopic (exact) mass is 409 g/mol. The average Bonchev–Trinajstić information content (AvgIpc) is 2.67. The van der Waals surface area contributed by atoms with Crippen molar-refractivity contribution in [3.63, 3.8) is 0 Å². The summed E-state index contributed by atoms with van der Waals surface area (Å²) in [6, 6.07) is 10.0. The van der Waals surface area contributed by atoms with E-state index in [-0.39, 0.29) is 30.8 Å². The Hall–Kier alpha value is -3.36. The molecule has 2 aromatic carbocycles. The number of carboxylic acids is 1. The number of esters is 1. The van der Waals surface area contributed by atoms with Gasteiger partial charge in [-0.2, -0.15) is 13.2 Å². The molecular weight excluding hydrogens is 391 g/mol. The third kappa shape index (κ3) is 5.81. The maximum atomic E-state index is 12.7. The van der Waals surface area contributed by atoms with E-state index in [1.807, 2.05) is 0 Å². The third-order valence-electron chi connectivity index (χ3n) is 4.00. The lowest BCUT2D eigenvalue weighted by atomic mass is 10.1. The fraction of sp³-hybridized carbons (Fsp3) is 0.250. The van der Waals surface area contributed by atoms with Gasteiger partial charge in [0.25, 0.3) is 0 Å². The van der Waals surface area contributed by atoms with Crippen molar-refractivity contribution in [2.75, 3.05) is 6.61 Å². The van der Waals surface area contributed by atoms with Gasteiger partial charge in [0.05, 0.1) is 17.7 Å². The van der Waals surface area contributed by atoms with Crippen LogP contribution in [-0.4, -0.2) is 34.5 Å². The number of aromatic carboxylic acids is 1. The van der Waals surface area contributed by atoms with E-state index in [1.54, 1.807) is 6.07 Å². The molecule has 154 valence electrons. The van der Waals surface area contributed by atoms with E-state index in [9.17, 15) is 32.7 Å². The van der Waals surface area contributed by atoms with Crippen molar-refractivity contribution < 1.29 is 37.4 Å². The van der Waals surface area contributed by atoms with E-state index in [4.69, 9.17) is 4.74 Å². The summed E-state index contributed by atoms with van der Waals surface area (Å²) in [5, 5.41) is 9.31. The fourth-order valence-corrected chi connectivity index (χ4v) is 2.61. The number of amides is 1. The molecule has 1 N–H and O–H groups in total. The van der Waals surface area contributed by atoms with Gasteiger partial charge in [0.15, 0.2) is 0 Å². The molecule has 0 aliphatic carbocycles. The third-order valence-corrected chi connectivity index (χ3v) is 4.00. The minimum atomic E-state index is -4.50. The van der Waals surface area contributed by atoms with Gasteiger partial charge in [0.2, 0.25) is 0 Å². The van der Waals surface area contributed by atoms with Crippen molar-refractivity contribution in [1.29, 1.82) is 0 Å². The number of carboxylic acid groups (broad SMARTS) is 1. The molecule has 2 aromatic rings. The number of alkyl halides is 3. The van der Waals surface area contributed by atoms with Crippen LogP contribution in [0.5, 0.6) is 0 Å². The molecule has 0 unspecified atom stereocenters. The first-order valence-electron chi connectivity index (χ1n) is 8.56. The Bertz CT molecular complexity index is 894. The first-order valence-corrected chi connectivity index (χ1v) is 8.56. The van der Waals surface area contributed by atoms with Crippen molar-refractivity contribution in [2.24, 2.45) is 0 Å². The summed E-state index contributed by atoms with van der Waals surface area (Å²) in [5.74, 6) is -3.36. The van der Waals surface area contributed by atoms with Crippen molar-refractivity contribution in [1.82, 2.24) is 4.90 Å². The van der Waals surface area contributed by atoms with Crippen molar-refractivity contribution >= 4 is 17.8 Å². The minimum absolute atomic E-state index is 0.0373. The van der Waals surface area contributed by atoms with E-state index in [0.29, 0.717) is 5.56 Å². The molecule has 0 radical (unpaired) electrons. The van der Waals surface area contributed by atoms with Gasteiger partial charge in [-0.15, -0.1) is 0 Å². The molecule has 0 saturated carbocycles. The topological polar surface area (TPSA) is 83.9 Å². The summed E-state index contributed by atoms with van der Waals surface area (Å²) in [7, 11) is 0. The smallest absolute Gasteiger partial charge is 0.416 e. The zero-order valence-corrected chi connectivity index (χ0v) is 15.4. The van der Waals surface area contributed by atoms with Crippen LogP contribution in [0.25, 0.3) is 0 Å². The van der Waals surface area contributed by atoms with E-state index in [2.05, 4.69) is 0 Å². The zero-order valence-electron chi connectivity index (χ0n) is 15.4. The van der Waals surface area contributed by atoms with Crippen molar-refractivity contribution in [3.8, 4) is 0 Å². The molecule has 0 spiro atoms. The Labute approximate surface area is 164 Å². The van der Waals surface area contributed by atoms with Gasteiger partial charge in [-0.3, -0.25) is 4.79 Å². The maximum absolute atomic E-state index is 12.7. The summed E-state index contributed by atoms with van der Waals surface area (Å²) in [6.07, 6.45) is -4.50. The van der Waals surface area contributed by atoms with Crippen LogP contribution in [0, 0.1) is 0 Å². The largest absolute Gasteiger partial charge is 0.478 e. The molecule has 0 heterocycles. The van der Waals surface area contributed by atoms with Crippen LogP contribution >= 0.6 is 0 Å². The number of rotatable bonds is 6. The van der Waals surface area contributed by atoms with Gasteiger partial charge in [-0.1, -0.05) is 30.3 Å². The van der Waals surface area contributed by atoms with Gasteiger partial charge in [0.1, 0.15) is 0 Å². The second-order valence-corrected chi connectivity index (χ2v) is 6.04. The number of benzene rings is 2. The van der Waals surface area contributed by atoms with Gasteiger partial charge in [-0.05, 0) is 36.2 Å². The van der Waals surface area contributed by atoms with E-state index < -0.39 is 29.6 Å². The number of nitrogens with zero attached hydrogens (tertiary/aromatic N) is 1. The highest BCUT2D eigenvalue weighted by molar-refractivity contribution is 6.32. The zero-order chi connectivity index (χ0) is 21.6.